The highest BCUT2D eigenvalue weighted by Crippen LogP contribution is 2.29. The molecule has 2 aliphatic heterocycles. The molecule has 0 bridgehead atoms. The predicted molar refractivity (Wildman–Crippen MR) is 126 cm³/mol. The Morgan fingerprint density at radius 2 is 1.58 bits per heavy atom. The Labute approximate surface area is 194 Å². The topological polar surface area (TPSA) is 96.0 Å². The molecule has 0 unspecified atom stereocenters. The minimum atomic E-state index is -3.68. The number of sulfonamides is 1. The van der Waals surface area contributed by atoms with E-state index < -0.39 is 15.9 Å². The summed E-state index contributed by atoms with van der Waals surface area (Å²) in [6, 6.07) is 11.4. The van der Waals surface area contributed by atoms with E-state index in [4.69, 9.17) is 4.74 Å². The molecule has 0 aliphatic carbocycles. The third-order valence-corrected chi connectivity index (χ3v) is 7.96. The van der Waals surface area contributed by atoms with E-state index in [1.807, 2.05) is 4.90 Å². The van der Waals surface area contributed by atoms with Crippen molar-refractivity contribution in [3.05, 3.63) is 53.6 Å². The Hall–Kier alpha value is -2.75. The Kier molecular flexibility index (Phi) is 7.11. The monoisotopic (exact) mass is 471 g/mol. The van der Waals surface area contributed by atoms with Crippen molar-refractivity contribution in [1.82, 2.24) is 4.31 Å². The van der Waals surface area contributed by atoms with E-state index in [0.717, 1.165) is 19.3 Å². The summed E-state index contributed by atoms with van der Waals surface area (Å²) in [7, 11) is -3.68. The van der Waals surface area contributed by atoms with Crippen LogP contribution in [0.5, 0.6) is 0 Å². The summed E-state index contributed by atoms with van der Waals surface area (Å²) < 4.78 is 33.4. The van der Waals surface area contributed by atoms with Crippen molar-refractivity contribution in [2.75, 3.05) is 49.6 Å². The Bertz CT molecular complexity index is 1120. The van der Waals surface area contributed by atoms with Gasteiger partial charge >= 0.3 is 0 Å². The van der Waals surface area contributed by atoms with E-state index in [-0.39, 0.29) is 10.7 Å². The molecule has 9 heteroatoms. The molecule has 2 saturated heterocycles. The van der Waals surface area contributed by atoms with Gasteiger partial charge in [0, 0.05) is 43.1 Å². The first-order chi connectivity index (χ1) is 15.9. The molecule has 33 heavy (non-hydrogen) atoms. The van der Waals surface area contributed by atoms with Crippen LogP contribution < -0.4 is 10.2 Å². The number of nitrogens with zero attached hydrogens (tertiary/aromatic N) is 2. The summed E-state index contributed by atoms with van der Waals surface area (Å²) in [5.74, 6) is -0.458. The Morgan fingerprint density at radius 3 is 2.21 bits per heavy atom. The van der Waals surface area contributed by atoms with Gasteiger partial charge in [0.15, 0.2) is 5.78 Å². The van der Waals surface area contributed by atoms with Crippen LogP contribution in [-0.4, -0.2) is 63.8 Å². The summed E-state index contributed by atoms with van der Waals surface area (Å²) in [6.07, 6.45) is 2.71. The number of amides is 1. The van der Waals surface area contributed by atoms with Crippen LogP contribution in [0.3, 0.4) is 0 Å². The van der Waals surface area contributed by atoms with Gasteiger partial charge in [-0.3, -0.25) is 9.59 Å². The highest BCUT2D eigenvalue weighted by Gasteiger charge is 2.28. The van der Waals surface area contributed by atoms with E-state index in [2.05, 4.69) is 5.32 Å². The van der Waals surface area contributed by atoms with E-state index in [9.17, 15) is 18.0 Å². The molecule has 2 aliphatic rings. The maximum absolute atomic E-state index is 13.3. The van der Waals surface area contributed by atoms with Crippen molar-refractivity contribution in [2.24, 2.45) is 0 Å². The molecule has 2 heterocycles. The number of piperidine rings is 1. The lowest BCUT2D eigenvalue weighted by Gasteiger charge is -2.31. The van der Waals surface area contributed by atoms with Crippen molar-refractivity contribution in [3.8, 4) is 0 Å². The third-order valence-electron chi connectivity index (χ3n) is 6.07. The Morgan fingerprint density at radius 1 is 0.909 bits per heavy atom. The second-order valence-corrected chi connectivity index (χ2v) is 10.3. The normalized spacial score (nSPS) is 17.5. The molecule has 8 nitrogen and oxygen atoms in total. The molecule has 2 fully saturated rings. The highest BCUT2D eigenvalue weighted by molar-refractivity contribution is 7.89. The fraction of sp³-hybridized carbons (Fsp3) is 0.417. The second-order valence-electron chi connectivity index (χ2n) is 8.33. The van der Waals surface area contributed by atoms with E-state index in [1.54, 1.807) is 36.4 Å². The summed E-state index contributed by atoms with van der Waals surface area (Å²) in [5, 5.41) is 2.85. The van der Waals surface area contributed by atoms with Gasteiger partial charge in [0.2, 0.25) is 10.0 Å². The quantitative estimate of drug-likeness (QED) is 0.651. The predicted octanol–water partition coefficient (Wildman–Crippen LogP) is 3.15. The summed E-state index contributed by atoms with van der Waals surface area (Å²) in [4.78, 5) is 27.0. The number of anilines is 2. The Balaban J connectivity index is 1.67. The van der Waals surface area contributed by atoms with Crippen LogP contribution in [-0.2, 0) is 14.8 Å². The van der Waals surface area contributed by atoms with Crippen molar-refractivity contribution in [2.45, 2.75) is 31.1 Å². The molecule has 0 atom stereocenters. The number of ether oxygens (including phenoxy) is 1. The van der Waals surface area contributed by atoms with Gasteiger partial charge in [-0.15, -0.1) is 0 Å². The van der Waals surface area contributed by atoms with Gasteiger partial charge in [-0.1, -0.05) is 6.42 Å². The van der Waals surface area contributed by atoms with Gasteiger partial charge in [0.05, 0.1) is 23.7 Å². The number of carbonyl (C=O) groups excluding carboxylic acids is 2. The van der Waals surface area contributed by atoms with Crippen molar-refractivity contribution < 1.29 is 22.7 Å². The summed E-state index contributed by atoms with van der Waals surface area (Å²) in [5.41, 5.74) is 2.05. The van der Waals surface area contributed by atoms with Crippen molar-refractivity contribution in [1.29, 1.82) is 0 Å². The average Bonchev–Trinajstić information content (AvgIpc) is 2.85. The van der Waals surface area contributed by atoms with Gasteiger partial charge in [0.25, 0.3) is 5.91 Å². The second kappa shape index (κ2) is 10.0. The maximum Gasteiger partial charge on any atom is 0.257 e. The van der Waals surface area contributed by atoms with Gasteiger partial charge < -0.3 is 15.0 Å². The molecular formula is C24H29N3O5S. The zero-order valence-electron chi connectivity index (χ0n) is 18.7. The molecule has 0 aromatic heterocycles. The van der Waals surface area contributed by atoms with E-state index in [0.29, 0.717) is 61.9 Å². The number of hydrogen-bond acceptors (Lipinski definition) is 6. The fourth-order valence-electron chi connectivity index (χ4n) is 4.18. The van der Waals surface area contributed by atoms with Crippen LogP contribution in [0, 0.1) is 0 Å². The first-order valence-electron chi connectivity index (χ1n) is 11.3. The molecule has 4 rings (SSSR count). The lowest BCUT2D eigenvalue weighted by molar-refractivity contribution is 0.101. The van der Waals surface area contributed by atoms with Gasteiger partial charge in [0.1, 0.15) is 0 Å². The van der Waals surface area contributed by atoms with E-state index >= 15 is 0 Å². The van der Waals surface area contributed by atoms with Crippen LogP contribution in [0.25, 0.3) is 0 Å². The molecule has 1 amide bonds. The van der Waals surface area contributed by atoms with E-state index in [1.165, 1.54) is 17.3 Å². The van der Waals surface area contributed by atoms with Gasteiger partial charge in [-0.05, 0) is 62.2 Å². The molecular weight excluding hydrogens is 442 g/mol. The number of ketones is 1. The summed E-state index contributed by atoms with van der Waals surface area (Å²) >= 11 is 0. The number of morpholine rings is 1. The first-order valence-corrected chi connectivity index (χ1v) is 12.7. The van der Waals surface area contributed by atoms with Crippen molar-refractivity contribution >= 4 is 33.1 Å². The largest absolute Gasteiger partial charge is 0.378 e. The minimum Gasteiger partial charge on any atom is -0.378 e. The minimum absolute atomic E-state index is 0.0573. The lowest BCUT2D eigenvalue weighted by atomic mass is 10.1. The van der Waals surface area contributed by atoms with Crippen LogP contribution in [0.15, 0.2) is 47.4 Å². The van der Waals surface area contributed by atoms with Crippen LogP contribution in [0.1, 0.15) is 46.9 Å². The number of nitrogens with one attached hydrogen (secondary N) is 1. The maximum atomic E-state index is 13.3. The third kappa shape index (κ3) is 5.26. The van der Waals surface area contributed by atoms with Crippen LogP contribution in [0.4, 0.5) is 11.4 Å². The summed E-state index contributed by atoms with van der Waals surface area (Å²) in [6.45, 7) is 4.80. The molecule has 2 aromatic carbocycles. The zero-order chi connectivity index (χ0) is 23.4. The molecule has 0 spiro atoms. The molecule has 2 aromatic rings. The average molecular weight is 472 g/mol. The highest BCUT2D eigenvalue weighted by atomic mass is 32.2. The zero-order valence-corrected chi connectivity index (χ0v) is 19.6. The number of rotatable bonds is 6. The smallest absolute Gasteiger partial charge is 0.257 e. The molecule has 0 radical (unpaired) electrons. The lowest BCUT2D eigenvalue weighted by Crippen LogP contribution is -2.38. The van der Waals surface area contributed by atoms with Crippen molar-refractivity contribution in [3.63, 3.8) is 0 Å². The van der Waals surface area contributed by atoms with Crippen LogP contribution in [0.2, 0.25) is 0 Å². The molecule has 0 saturated carbocycles. The number of benzene rings is 2. The first kappa shape index (κ1) is 23.4. The number of hydrogen-bond donors (Lipinski definition) is 1. The number of Topliss-reactive ketones (excluding diaryl/α,β-unsaturated/α-hetero) is 1. The molecule has 1 N–H and O–H groups in total. The van der Waals surface area contributed by atoms with Gasteiger partial charge in [-0.2, -0.15) is 4.31 Å². The fourth-order valence-corrected chi connectivity index (χ4v) is 5.72. The number of carbonyl (C=O) groups is 2. The van der Waals surface area contributed by atoms with Gasteiger partial charge in [-0.25, -0.2) is 8.42 Å². The molecule has 176 valence electrons. The SMILES string of the molecule is CC(=O)c1ccc(NC(=O)c2cc(S(=O)(=O)N3CCCCC3)ccc2N2CCOCC2)cc1. The van der Waals surface area contributed by atoms with Crippen LogP contribution >= 0.6 is 0 Å². The standard InChI is InChI=1S/C24H29N3O5S/c1-18(28)19-5-7-20(8-6-19)25-24(29)22-17-21(33(30,31)27-11-3-2-4-12-27)9-10-23(22)26-13-15-32-16-14-26/h5-10,17H,2-4,11-16H2,1H3,(H,25,29).